The maximum Gasteiger partial charge on any atom is 0.163 e. The first-order valence-electron chi connectivity index (χ1n) is 7.93. The van der Waals surface area contributed by atoms with E-state index < -0.39 is 17.7 Å². The van der Waals surface area contributed by atoms with Crippen molar-refractivity contribution < 1.29 is 18.6 Å². The van der Waals surface area contributed by atoms with Gasteiger partial charge >= 0.3 is 0 Å². The summed E-state index contributed by atoms with van der Waals surface area (Å²) in [5.41, 5.74) is -0.294. The van der Waals surface area contributed by atoms with Crippen molar-refractivity contribution in [1.82, 2.24) is 19.7 Å². The van der Waals surface area contributed by atoms with E-state index in [0.717, 1.165) is 18.7 Å². The van der Waals surface area contributed by atoms with Gasteiger partial charge in [-0.15, -0.1) is 10.2 Å². The zero-order valence-electron chi connectivity index (χ0n) is 13.4. The van der Waals surface area contributed by atoms with Crippen LogP contribution in [-0.2, 0) is 11.3 Å². The Morgan fingerprint density at radius 2 is 2.12 bits per heavy atom. The normalized spacial score (nSPS) is 20.2. The van der Waals surface area contributed by atoms with E-state index in [9.17, 15) is 13.9 Å². The molecule has 0 radical (unpaired) electrons. The third-order valence-electron chi connectivity index (χ3n) is 4.19. The van der Waals surface area contributed by atoms with Gasteiger partial charge in [0.15, 0.2) is 5.82 Å². The van der Waals surface area contributed by atoms with Crippen LogP contribution in [0.1, 0.15) is 30.5 Å². The number of hydrogen-bond donors (Lipinski definition) is 1. The summed E-state index contributed by atoms with van der Waals surface area (Å²) in [6.07, 6.45) is 0.120. The lowest BCUT2D eigenvalue weighted by Crippen LogP contribution is -2.41. The number of nitrogens with zero attached hydrogens (tertiary/aromatic N) is 4. The number of β-amino-alcohol motifs (C(OH)–C–C–N with tert-alkyl or cyclic N) is 1. The minimum atomic E-state index is -1.24. The predicted molar refractivity (Wildman–Crippen MR) is 82.1 cm³/mol. The monoisotopic (exact) mass is 338 g/mol. The molecule has 3 rings (SSSR count). The Hall–Kier alpha value is -1.90. The molecule has 8 heteroatoms. The highest BCUT2D eigenvalue weighted by Gasteiger charge is 2.28. The van der Waals surface area contributed by atoms with Crippen LogP contribution in [0.3, 0.4) is 0 Å². The minimum Gasteiger partial charge on any atom is -0.387 e. The molecule has 130 valence electrons. The molecule has 0 unspecified atom stereocenters. The van der Waals surface area contributed by atoms with Crippen molar-refractivity contribution in [2.75, 3.05) is 26.2 Å². The fraction of sp³-hybridized carbons (Fsp3) is 0.500. The minimum absolute atomic E-state index is 0.123. The van der Waals surface area contributed by atoms with Gasteiger partial charge in [-0.3, -0.25) is 4.90 Å². The summed E-state index contributed by atoms with van der Waals surface area (Å²) in [7, 11) is 0. The second kappa shape index (κ2) is 7.33. The van der Waals surface area contributed by atoms with Crippen LogP contribution in [-0.4, -0.2) is 51.0 Å². The topological polar surface area (TPSA) is 63.4 Å². The van der Waals surface area contributed by atoms with E-state index in [-0.39, 0.29) is 18.2 Å². The molecule has 24 heavy (non-hydrogen) atoms. The summed E-state index contributed by atoms with van der Waals surface area (Å²) >= 11 is 0. The smallest absolute Gasteiger partial charge is 0.163 e. The molecule has 1 aliphatic rings. The van der Waals surface area contributed by atoms with Crippen molar-refractivity contribution in [3.8, 4) is 0 Å². The molecule has 6 nitrogen and oxygen atoms in total. The average molecular weight is 338 g/mol. The first kappa shape index (κ1) is 16.9. The summed E-state index contributed by atoms with van der Waals surface area (Å²) in [6, 6.07) is 3.57. The van der Waals surface area contributed by atoms with Gasteiger partial charge in [0.2, 0.25) is 0 Å². The third-order valence-corrected chi connectivity index (χ3v) is 4.19. The highest BCUT2D eigenvalue weighted by atomic mass is 19.1. The van der Waals surface area contributed by atoms with E-state index in [2.05, 4.69) is 10.2 Å². The number of aliphatic hydroxyl groups excluding tert-OH is 1. The van der Waals surface area contributed by atoms with Gasteiger partial charge in [0.1, 0.15) is 24.1 Å². The third kappa shape index (κ3) is 3.45. The highest BCUT2D eigenvalue weighted by molar-refractivity contribution is 5.22. The summed E-state index contributed by atoms with van der Waals surface area (Å²) in [5.74, 6) is -0.759. The second-order valence-corrected chi connectivity index (χ2v) is 5.75. The Morgan fingerprint density at radius 1 is 1.38 bits per heavy atom. The van der Waals surface area contributed by atoms with E-state index in [1.165, 1.54) is 6.07 Å². The summed E-state index contributed by atoms with van der Waals surface area (Å²) in [4.78, 5) is 1.92. The number of benzene rings is 1. The van der Waals surface area contributed by atoms with Gasteiger partial charge in [-0.25, -0.2) is 8.78 Å². The summed E-state index contributed by atoms with van der Waals surface area (Å²) in [5, 5.41) is 18.2. The zero-order valence-corrected chi connectivity index (χ0v) is 13.4. The molecule has 1 saturated heterocycles. The standard InChI is InChI=1S/C16H20F2N4O2/c1-2-22-10-19-20-16(22)14-9-21(6-7-24-14)8-13(23)15-11(17)4-3-5-12(15)18/h3-5,10,13-14,23H,2,6-9H2,1H3/t13-,14-/m0/s1. The van der Waals surface area contributed by atoms with Gasteiger partial charge in [-0.05, 0) is 19.1 Å². The van der Waals surface area contributed by atoms with Crippen molar-refractivity contribution in [2.24, 2.45) is 0 Å². The molecule has 0 amide bonds. The van der Waals surface area contributed by atoms with Gasteiger partial charge < -0.3 is 14.4 Å². The van der Waals surface area contributed by atoms with E-state index in [1.54, 1.807) is 6.33 Å². The van der Waals surface area contributed by atoms with Gasteiger partial charge in [0, 0.05) is 26.2 Å². The molecule has 0 aliphatic carbocycles. The molecule has 1 N–H and O–H groups in total. The quantitative estimate of drug-likeness (QED) is 0.899. The van der Waals surface area contributed by atoms with Crippen LogP contribution < -0.4 is 0 Å². The maximum atomic E-state index is 13.8. The van der Waals surface area contributed by atoms with Crippen molar-refractivity contribution >= 4 is 0 Å². The van der Waals surface area contributed by atoms with Crippen molar-refractivity contribution in [2.45, 2.75) is 25.7 Å². The largest absolute Gasteiger partial charge is 0.387 e. The van der Waals surface area contributed by atoms with Crippen LogP contribution in [0.2, 0.25) is 0 Å². The number of morpholine rings is 1. The average Bonchev–Trinajstić information content (AvgIpc) is 3.03. The molecule has 2 atom stereocenters. The van der Waals surface area contributed by atoms with E-state index in [4.69, 9.17) is 4.74 Å². The van der Waals surface area contributed by atoms with Crippen molar-refractivity contribution in [1.29, 1.82) is 0 Å². The maximum absolute atomic E-state index is 13.8. The van der Waals surface area contributed by atoms with Gasteiger partial charge in [-0.1, -0.05) is 6.07 Å². The molecule has 1 aromatic carbocycles. The van der Waals surface area contributed by atoms with E-state index in [1.807, 2.05) is 16.4 Å². The molecule has 2 heterocycles. The Labute approximate surface area is 138 Å². The number of ether oxygens (including phenoxy) is 1. The number of rotatable bonds is 5. The molecule has 1 aromatic heterocycles. The van der Waals surface area contributed by atoms with E-state index in [0.29, 0.717) is 25.5 Å². The van der Waals surface area contributed by atoms with Crippen LogP contribution in [0.4, 0.5) is 8.78 Å². The van der Waals surface area contributed by atoms with Crippen LogP contribution >= 0.6 is 0 Å². The summed E-state index contributed by atoms with van der Waals surface area (Å²) in [6.45, 7) is 4.34. The first-order valence-corrected chi connectivity index (χ1v) is 7.93. The lowest BCUT2D eigenvalue weighted by atomic mass is 10.1. The number of halogens is 2. The SMILES string of the molecule is CCn1cnnc1[C@@H]1CN(C[C@H](O)c2c(F)cccc2F)CCO1. The Kier molecular flexibility index (Phi) is 5.17. The Bertz CT molecular complexity index is 674. The molecule has 1 fully saturated rings. The lowest BCUT2D eigenvalue weighted by molar-refractivity contribution is -0.0481. The summed E-state index contributed by atoms with van der Waals surface area (Å²) < 4.78 is 35.2. The molecule has 0 bridgehead atoms. The molecular formula is C16H20F2N4O2. The molecular weight excluding hydrogens is 318 g/mol. The van der Waals surface area contributed by atoms with Crippen molar-refractivity contribution in [3.63, 3.8) is 0 Å². The predicted octanol–water partition coefficient (Wildman–Crippen LogP) is 1.68. The first-order chi connectivity index (χ1) is 11.6. The fourth-order valence-electron chi connectivity index (χ4n) is 2.95. The number of aliphatic hydroxyl groups is 1. The second-order valence-electron chi connectivity index (χ2n) is 5.75. The van der Waals surface area contributed by atoms with Gasteiger partial charge in [0.05, 0.1) is 18.3 Å². The van der Waals surface area contributed by atoms with E-state index >= 15 is 0 Å². The van der Waals surface area contributed by atoms with Crippen LogP contribution in [0.15, 0.2) is 24.5 Å². The molecule has 0 spiro atoms. The zero-order chi connectivity index (χ0) is 17.1. The van der Waals surface area contributed by atoms with Crippen LogP contribution in [0.25, 0.3) is 0 Å². The number of aromatic nitrogens is 3. The van der Waals surface area contributed by atoms with Gasteiger partial charge in [-0.2, -0.15) is 0 Å². The fourth-order valence-corrected chi connectivity index (χ4v) is 2.95. The number of hydrogen-bond acceptors (Lipinski definition) is 5. The van der Waals surface area contributed by atoms with Crippen LogP contribution in [0, 0.1) is 11.6 Å². The molecule has 1 aliphatic heterocycles. The Balaban J connectivity index is 1.69. The molecule has 2 aromatic rings. The Morgan fingerprint density at radius 3 is 2.83 bits per heavy atom. The lowest BCUT2D eigenvalue weighted by Gasteiger charge is -2.33. The van der Waals surface area contributed by atoms with Gasteiger partial charge in [0.25, 0.3) is 0 Å². The van der Waals surface area contributed by atoms with Crippen LogP contribution in [0.5, 0.6) is 0 Å². The van der Waals surface area contributed by atoms with Crippen molar-refractivity contribution in [3.05, 3.63) is 47.5 Å². The number of aryl methyl sites for hydroxylation is 1. The highest BCUT2D eigenvalue weighted by Crippen LogP contribution is 2.25. The molecule has 0 saturated carbocycles.